The van der Waals surface area contributed by atoms with E-state index < -0.39 is 5.60 Å². The quantitative estimate of drug-likeness (QED) is 0.818. The zero-order valence-corrected chi connectivity index (χ0v) is 10.5. The largest absolute Gasteiger partial charge is 0.441 e. The summed E-state index contributed by atoms with van der Waals surface area (Å²) in [5.41, 5.74) is 2.24. The third-order valence-electron chi connectivity index (χ3n) is 3.17. The zero-order chi connectivity index (χ0) is 13.0. The van der Waals surface area contributed by atoms with Crippen LogP contribution in [-0.4, -0.2) is 6.47 Å². The molecular weight excluding hydrogens is 224 g/mol. The van der Waals surface area contributed by atoms with Crippen LogP contribution in [-0.2, 0) is 15.1 Å². The van der Waals surface area contributed by atoms with Gasteiger partial charge in [-0.3, -0.25) is 0 Å². The number of benzene rings is 2. The molecule has 2 aromatic carbocycles. The number of ether oxygens (including phenoxy) is 1. The molecule has 0 saturated heterocycles. The van der Waals surface area contributed by atoms with Crippen LogP contribution in [0.3, 0.4) is 0 Å². The predicted molar refractivity (Wildman–Crippen MR) is 70.9 cm³/mol. The molecule has 0 N–H and O–H groups in total. The third-order valence-corrected chi connectivity index (χ3v) is 3.17. The molecule has 0 spiro atoms. The second-order valence-corrected chi connectivity index (χ2v) is 4.45. The lowest BCUT2D eigenvalue weighted by atomic mass is 9.87. The van der Waals surface area contributed by atoms with Crippen molar-refractivity contribution in [3.63, 3.8) is 0 Å². The van der Waals surface area contributed by atoms with E-state index in [0.29, 0.717) is 0 Å². The topological polar surface area (TPSA) is 26.3 Å². The lowest BCUT2D eigenvalue weighted by Crippen LogP contribution is -2.26. The second kappa shape index (κ2) is 5.05. The minimum atomic E-state index is -0.795. The van der Waals surface area contributed by atoms with Crippen LogP contribution in [0.4, 0.5) is 0 Å². The first-order valence-corrected chi connectivity index (χ1v) is 5.84. The van der Waals surface area contributed by atoms with E-state index in [4.69, 9.17) is 4.74 Å². The van der Waals surface area contributed by atoms with Gasteiger partial charge in [0.05, 0.1) is 0 Å². The van der Waals surface area contributed by atoms with Gasteiger partial charge in [-0.25, -0.2) is 4.79 Å². The maximum atomic E-state index is 10.7. The molecule has 0 saturated carbocycles. The van der Waals surface area contributed by atoms with Gasteiger partial charge in [-0.1, -0.05) is 60.2 Å². The molecule has 2 aromatic rings. The molecule has 0 aromatic heterocycles. The zero-order valence-electron chi connectivity index (χ0n) is 10.5. The molecule has 0 aliphatic carbocycles. The van der Waals surface area contributed by atoms with E-state index in [1.54, 1.807) is 6.47 Å². The fraction of sp³-hybridized carbons (Fsp3) is 0.188. The summed E-state index contributed by atoms with van der Waals surface area (Å²) in [6, 6.07) is 17.6. The average Bonchev–Trinajstić information content (AvgIpc) is 2.40. The Kier molecular flexibility index (Phi) is 3.47. The Labute approximate surface area is 107 Å². The Morgan fingerprint density at radius 2 is 1.50 bits per heavy atom. The molecule has 2 rings (SSSR count). The van der Waals surface area contributed by atoms with Crippen molar-refractivity contribution in [3.8, 4) is 0 Å². The van der Waals surface area contributed by atoms with Crippen LogP contribution in [0.15, 0.2) is 54.6 Å². The molecule has 2 nitrogen and oxygen atoms in total. The van der Waals surface area contributed by atoms with Crippen LogP contribution >= 0.6 is 0 Å². The van der Waals surface area contributed by atoms with Crippen LogP contribution in [0.2, 0.25) is 0 Å². The van der Waals surface area contributed by atoms with Crippen molar-refractivity contribution < 1.29 is 9.53 Å². The van der Waals surface area contributed by atoms with Gasteiger partial charge in [-0.2, -0.15) is 0 Å². The first kappa shape index (κ1) is 12.4. The molecule has 0 aliphatic rings. The first-order chi connectivity index (χ1) is 8.66. The number of carbonyl (C=O) groups excluding carboxylic acids is 1. The molecule has 91 valence electrons. The van der Waals surface area contributed by atoms with Crippen molar-refractivity contribution in [2.75, 3.05) is 0 Å². The molecule has 1 unspecified atom stereocenters. The van der Waals surface area contributed by atoms with Gasteiger partial charge < -0.3 is 4.74 Å². The highest BCUT2D eigenvalue weighted by molar-refractivity contribution is 5.46. The number of aryl methyl sites for hydroxylation is 1. The molecule has 0 bridgehead atoms. The average molecular weight is 239 g/mol. The van der Waals surface area contributed by atoms with Gasteiger partial charge >= 0.3 is 6.47 Å². The molecule has 0 heterocycles. The second-order valence-electron chi connectivity index (χ2n) is 4.45. The van der Waals surface area contributed by atoms with E-state index >= 15 is 0 Å². The highest BCUT2D eigenvalue weighted by Gasteiger charge is 2.30. The summed E-state index contributed by atoms with van der Waals surface area (Å²) in [6.07, 6.45) is 0. The molecule has 0 fully saturated rings. The first-order valence-electron chi connectivity index (χ1n) is 5.84. The van der Waals surface area contributed by atoms with E-state index in [1.165, 1.54) is 5.56 Å². The van der Waals surface area contributed by atoms with E-state index in [-0.39, 0.29) is 0 Å². The Bertz CT molecular complexity index is 517. The summed E-state index contributed by atoms with van der Waals surface area (Å²) in [7, 11) is 0. The summed E-state index contributed by atoms with van der Waals surface area (Å²) in [5, 5.41) is 0. The van der Waals surface area contributed by atoms with Gasteiger partial charge in [0.25, 0.3) is 0 Å². The summed E-state index contributed by atoms with van der Waals surface area (Å²) < 4.78 is 5.24. The minimum Gasteiger partial charge on any atom is -0.441 e. The lowest BCUT2D eigenvalue weighted by Gasteiger charge is -2.28. The maximum absolute atomic E-state index is 10.7. The highest BCUT2D eigenvalue weighted by atomic mass is 16.5. The number of rotatable bonds is 4. The van der Waals surface area contributed by atoms with Crippen LogP contribution in [0.1, 0.15) is 23.6 Å². The Morgan fingerprint density at radius 1 is 0.944 bits per heavy atom. The highest BCUT2D eigenvalue weighted by Crippen LogP contribution is 2.32. The maximum Gasteiger partial charge on any atom is 0.418 e. The Morgan fingerprint density at radius 3 is 2.06 bits per heavy atom. The molecular formula is C16H15O2. The van der Waals surface area contributed by atoms with E-state index in [1.807, 2.05) is 68.4 Å². The molecule has 0 aliphatic heterocycles. The van der Waals surface area contributed by atoms with E-state index in [9.17, 15) is 4.79 Å². The summed E-state index contributed by atoms with van der Waals surface area (Å²) >= 11 is 0. The third kappa shape index (κ3) is 2.28. The van der Waals surface area contributed by atoms with Crippen LogP contribution in [0.5, 0.6) is 0 Å². The summed E-state index contributed by atoms with van der Waals surface area (Å²) in [6.45, 7) is 5.47. The van der Waals surface area contributed by atoms with E-state index in [2.05, 4.69) is 0 Å². The normalized spacial score (nSPS) is 13.7. The van der Waals surface area contributed by atoms with Crippen molar-refractivity contribution >= 4 is 6.47 Å². The standard InChI is InChI=1S/C16H15O2/c1-13-8-10-15(11-9-13)16(2,18-12-17)14-6-4-3-5-7-14/h3-11H,1-2H3. The van der Waals surface area contributed by atoms with E-state index in [0.717, 1.165) is 11.1 Å². The molecule has 1 atom stereocenters. The number of hydrogen-bond acceptors (Lipinski definition) is 2. The van der Waals surface area contributed by atoms with Crippen LogP contribution < -0.4 is 0 Å². The molecule has 2 heteroatoms. The van der Waals surface area contributed by atoms with Crippen molar-refractivity contribution in [3.05, 3.63) is 71.3 Å². The summed E-state index contributed by atoms with van der Waals surface area (Å²) in [4.78, 5) is 10.7. The smallest absolute Gasteiger partial charge is 0.418 e. The molecule has 18 heavy (non-hydrogen) atoms. The monoisotopic (exact) mass is 239 g/mol. The predicted octanol–water partition coefficient (Wildman–Crippen LogP) is 3.34. The fourth-order valence-electron chi connectivity index (χ4n) is 2.00. The van der Waals surface area contributed by atoms with Gasteiger partial charge in [0.1, 0.15) is 0 Å². The van der Waals surface area contributed by atoms with Crippen molar-refractivity contribution in [1.29, 1.82) is 0 Å². The van der Waals surface area contributed by atoms with Gasteiger partial charge in [-0.15, -0.1) is 0 Å². The Balaban J connectivity index is 2.50. The molecule has 0 amide bonds. The van der Waals surface area contributed by atoms with Gasteiger partial charge in [0, 0.05) is 0 Å². The van der Waals surface area contributed by atoms with Gasteiger partial charge in [-0.05, 0) is 25.0 Å². The fourth-order valence-corrected chi connectivity index (χ4v) is 2.00. The lowest BCUT2D eigenvalue weighted by molar-refractivity contribution is 0.110. The minimum absolute atomic E-state index is 0.795. The Hall–Kier alpha value is -2.09. The number of hydrogen-bond donors (Lipinski definition) is 0. The van der Waals surface area contributed by atoms with Gasteiger partial charge in [0.15, 0.2) is 5.60 Å². The van der Waals surface area contributed by atoms with Crippen LogP contribution in [0, 0.1) is 6.92 Å². The van der Waals surface area contributed by atoms with Crippen molar-refractivity contribution in [1.82, 2.24) is 0 Å². The SMILES string of the molecule is Cc1ccc(C(C)(O[C]=O)c2ccccc2)cc1. The van der Waals surface area contributed by atoms with Crippen molar-refractivity contribution in [2.45, 2.75) is 19.4 Å². The summed E-state index contributed by atoms with van der Waals surface area (Å²) in [5.74, 6) is 0. The molecule has 1 radical (unpaired) electrons. The van der Waals surface area contributed by atoms with Gasteiger partial charge in [0.2, 0.25) is 0 Å². The van der Waals surface area contributed by atoms with Crippen LogP contribution in [0.25, 0.3) is 0 Å². The van der Waals surface area contributed by atoms with Crippen molar-refractivity contribution in [2.24, 2.45) is 0 Å².